The maximum absolute atomic E-state index is 11.3. The lowest BCUT2D eigenvalue weighted by Crippen LogP contribution is -2.27. The van der Waals surface area contributed by atoms with Gasteiger partial charge in [0.05, 0.1) is 0 Å². The smallest absolute Gasteiger partial charge is 0.302 e. The van der Waals surface area contributed by atoms with Crippen molar-refractivity contribution in [3.8, 4) is 0 Å². The van der Waals surface area contributed by atoms with Crippen molar-refractivity contribution in [2.45, 2.75) is 29.3 Å². The second kappa shape index (κ2) is 17.4. The molecule has 0 spiro atoms. The van der Waals surface area contributed by atoms with E-state index in [1.54, 1.807) is 0 Å². The van der Waals surface area contributed by atoms with Gasteiger partial charge in [0.2, 0.25) is 0 Å². The molecule has 7 rings (SSSR count). The second-order valence-corrected chi connectivity index (χ2v) is 15.2. The highest BCUT2D eigenvalue weighted by atomic mass is 35.5. The number of guanidine groups is 1. The predicted molar refractivity (Wildman–Crippen MR) is 214 cm³/mol. The van der Waals surface area contributed by atoms with Gasteiger partial charge in [0, 0.05) is 53.4 Å². The number of amides is 1. The van der Waals surface area contributed by atoms with Crippen molar-refractivity contribution in [3.63, 3.8) is 0 Å². The van der Waals surface area contributed by atoms with Crippen LogP contribution in [0.15, 0.2) is 106 Å². The second-order valence-electron chi connectivity index (χ2n) is 12.0. The van der Waals surface area contributed by atoms with E-state index >= 15 is 0 Å². The van der Waals surface area contributed by atoms with E-state index in [1.807, 2.05) is 0 Å². The third kappa shape index (κ3) is 10.1. The maximum Gasteiger partial charge on any atom is 0.302 e. The first-order valence-corrected chi connectivity index (χ1v) is 19.2. The fraction of sp³-hybridized carbons (Fsp3) is 0.143. The number of halogens is 2. The van der Waals surface area contributed by atoms with Crippen LogP contribution in [0.1, 0.15) is 27.3 Å². The van der Waals surface area contributed by atoms with Crippen molar-refractivity contribution in [2.24, 2.45) is 16.5 Å². The normalized spacial score (nSPS) is 12.7. The minimum Gasteiger partial charge on any atom is -0.382 e. The van der Waals surface area contributed by atoms with Crippen molar-refractivity contribution in [1.82, 2.24) is 19.4 Å². The number of fused-ring (bicyclic) bond motifs is 4. The Bertz CT molecular complexity index is 2550. The van der Waals surface area contributed by atoms with E-state index in [-0.39, 0.29) is 45.7 Å². The molecular formula is C35H37Cl2N9O7S2. The average molecular weight is 831 g/mol. The molecule has 3 heterocycles. The molecule has 2 aromatic heterocycles. The van der Waals surface area contributed by atoms with Crippen LogP contribution in [0.5, 0.6) is 0 Å². The van der Waals surface area contributed by atoms with Gasteiger partial charge in [-0.25, -0.2) is 9.97 Å². The number of aliphatic imine (C=N–C) groups is 1. The van der Waals surface area contributed by atoms with E-state index in [0.29, 0.717) is 0 Å². The molecule has 0 aliphatic carbocycles. The fourth-order valence-corrected chi connectivity index (χ4v) is 7.49. The van der Waals surface area contributed by atoms with Gasteiger partial charge in [-0.3, -0.25) is 13.9 Å². The highest BCUT2D eigenvalue weighted by Gasteiger charge is 2.22. The van der Waals surface area contributed by atoms with Gasteiger partial charge in [0.15, 0.2) is 28.4 Å². The highest BCUT2D eigenvalue weighted by molar-refractivity contribution is 7.86. The summed E-state index contributed by atoms with van der Waals surface area (Å²) in [5, 5.41) is 1.33. The summed E-state index contributed by atoms with van der Waals surface area (Å²) in [6.07, 6.45) is 1.15. The Morgan fingerprint density at radius 3 is 1.91 bits per heavy atom. The van der Waals surface area contributed by atoms with Gasteiger partial charge in [-0.2, -0.15) is 21.8 Å². The van der Waals surface area contributed by atoms with Crippen LogP contribution in [0, 0.1) is 0 Å². The molecule has 1 aliphatic heterocycles. The van der Waals surface area contributed by atoms with Crippen LogP contribution >= 0.6 is 24.0 Å². The monoisotopic (exact) mass is 829 g/mol. The van der Waals surface area contributed by atoms with Gasteiger partial charge in [-0.1, -0.05) is 84.4 Å². The number of carbonyl (C=O) groups excluding carboxylic acids is 1. The summed E-state index contributed by atoms with van der Waals surface area (Å²) in [6, 6.07) is 27.1. The minimum absolute atomic E-state index is 0. The summed E-state index contributed by atoms with van der Waals surface area (Å²) >= 11 is 5.55. The molecule has 1 aliphatic rings. The molecule has 0 atom stereocenters. The average Bonchev–Trinajstić information content (AvgIpc) is 3.41. The number of likely N-dealkylation sites (N-methyl/N-ethyl adjacent to an activating group) is 1. The number of anilines is 2. The molecule has 10 N–H and O–H groups in total. The van der Waals surface area contributed by atoms with Crippen molar-refractivity contribution < 1.29 is 30.7 Å². The molecule has 4 aromatic carbocycles. The molecule has 0 saturated heterocycles. The predicted octanol–water partition coefficient (Wildman–Crippen LogP) is 4.14. The number of nitrogen functional groups attached to an aromatic ring is 2. The Labute approximate surface area is 327 Å². The largest absolute Gasteiger partial charge is 0.382 e. The van der Waals surface area contributed by atoms with Gasteiger partial charge in [0.25, 0.3) is 20.2 Å². The number of hydrogen-bond acceptors (Lipinski definition) is 10. The van der Waals surface area contributed by atoms with Crippen LogP contribution in [0.3, 0.4) is 0 Å². The number of carbonyl (C=O) groups is 1. The first-order chi connectivity index (χ1) is 25.5. The summed E-state index contributed by atoms with van der Waals surface area (Å²) < 4.78 is 65.2. The summed E-state index contributed by atoms with van der Waals surface area (Å²) in [4.78, 5) is 23.3. The SMILES string of the molecule is CN1CCc2c(c3ccccc3n2Cc2ccccc2)C1.Cl.NC(N)=NC(=O)c1nc(Cl)c(N)nc1N.O=S(=O)(O)c1cccc2c(S(=O)(=O)O)cccc12. The van der Waals surface area contributed by atoms with E-state index in [0.717, 1.165) is 38.2 Å². The minimum atomic E-state index is -4.47. The lowest BCUT2D eigenvalue weighted by molar-refractivity contribution is 0.0998. The lowest BCUT2D eigenvalue weighted by Gasteiger charge is -2.24. The number of rotatable bonds is 5. The number of hydrogen-bond donors (Lipinski definition) is 6. The number of aromatic nitrogens is 3. The van der Waals surface area contributed by atoms with Crippen LogP contribution in [-0.2, 0) is 39.7 Å². The van der Waals surface area contributed by atoms with E-state index in [4.69, 9.17) is 43.6 Å². The molecule has 6 aromatic rings. The van der Waals surface area contributed by atoms with E-state index in [9.17, 15) is 21.6 Å². The molecule has 0 fully saturated rings. The first kappa shape index (κ1) is 42.4. The Morgan fingerprint density at radius 2 is 1.35 bits per heavy atom. The quantitative estimate of drug-likeness (QED) is 0.0810. The zero-order valence-electron chi connectivity index (χ0n) is 29.1. The van der Waals surface area contributed by atoms with Crippen LogP contribution in [0.4, 0.5) is 11.6 Å². The molecular weight excluding hydrogens is 793 g/mol. The van der Waals surface area contributed by atoms with Crippen molar-refractivity contribution >= 4 is 89.4 Å². The number of nitrogens with two attached hydrogens (primary N) is 4. The molecule has 16 nitrogen and oxygen atoms in total. The molecule has 1 amide bonds. The number of nitrogens with zero attached hydrogens (tertiary/aromatic N) is 5. The lowest BCUT2D eigenvalue weighted by atomic mass is 10.1. The van der Waals surface area contributed by atoms with Crippen molar-refractivity contribution in [3.05, 3.63) is 119 Å². The molecule has 0 saturated carbocycles. The molecule has 0 unspecified atom stereocenters. The van der Waals surface area contributed by atoms with Gasteiger partial charge in [-0.05, 0) is 36.4 Å². The maximum atomic E-state index is 11.3. The van der Waals surface area contributed by atoms with Gasteiger partial charge >= 0.3 is 5.91 Å². The van der Waals surface area contributed by atoms with Gasteiger partial charge < -0.3 is 32.4 Å². The fourth-order valence-electron chi connectivity index (χ4n) is 5.95. The first-order valence-electron chi connectivity index (χ1n) is 16.0. The number of benzene rings is 4. The van der Waals surface area contributed by atoms with Crippen LogP contribution in [0.2, 0.25) is 5.15 Å². The molecule has 290 valence electrons. The van der Waals surface area contributed by atoms with Gasteiger partial charge in [0.1, 0.15) is 9.79 Å². The Balaban J connectivity index is 0.000000185. The highest BCUT2D eigenvalue weighted by Crippen LogP contribution is 2.31. The molecule has 55 heavy (non-hydrogen) atoms. The van der Waals surface area contributed by atoms with Gasteiger partial charge in [-0.15, -0.1) is 12.4 Å². The summed E-state index contributed by atoms with van der Waals surface area (Å²) in [6.45, 7) is 3.19. The molecule has 20 heteroatoms. The van der Waals surface area contributed by atoms with Crippen LogP contribution in [0.25, 0.3) is 21.7 Å². The van der Waals surface area contributed by atoms with Crippen molar-refractivity contribution in [1.29, 1.82) is 0 Å². The summed E-state index contributed by atoms with van der Waals surface area (Å²) in [5.74, 6) is -1.50. The molecule has 0 bridgehead atoms. The van der Waals surface area contributed by atoms with Crippen LogP contribution < -0.4 is 22.9 Å². The summed E-state index contributed by atoms with van der Waals surface area (Å²) in [7, 11) is -6.72. The van der Waals surface area contributed by atoms with E-state index < -0.39 is 41.9 Å². The summed E-state index contributed by atoms with van der Waals surface area (Å²) in [5.41, 5.74) is 26.3. The Morgan fingerprint density at radius 1 is 0.800 bits per heavy atom. The third-order valence-electron chi connectivity index (χ3n) is 8.27. The van der Waals surface area contributed by atoms with Crippen LogP contribution in [-0.4, -0.2) is 70.8 Å². The Kier molecular flexibility index (Phi) is 13.4. The standard InChI is InChI=1S/C19H20N2.C10H8O6S2.C6H8ClN7O.ClH/c1-20-12-11-19-17(14-20)16-9-5-6-10-18(16)21(19)13-15-7-3-2-4-8-15;11-17(12,13)9-5-1-3-7-8(9)4-2-6-10(7)18(14,15)16;7-2-4(9)13-3(8)1(12-2)5(15)14-6(10)11;/h2-10H,11-14H2,1H3;1-6H,(H,11,12,13)(H,14,15,16);(H4,8,9,13)(H4,10,11,14,15);1H. The third-order valence-corrected chi connectivity index (χ3v) is 10.4. The number of para-hydroxylation sites is 1. The zero-order chi connectivity index (χ0) is 39.4. The Hall–Kier alpha value is -5.34. The van der Waals surface area contributed by atoms with Crippen molar-refractivity contribution in [2.75, 3.05) is 25.1 Å². The molecule has 0 radical (unpaired) electrons. The zero-order valence-corrected chi connectivity index (χ0v) is 32.3. The topological polar surface area (TPSA) is 276 Å². The van der Waals surface area contributed by atoms with E-state index in [2.05, 4.69) is 86.1 Å². The van der Waals surface area contributed by atoms with E-state index in [1.165, 1.54) is 52.0 Å².